The number of aliphatic hydroxyl groups excluding tert-OH is 1. The summed E-state index contributed by atoms with van der Waals surface area (Å²) in [5.74, 6) is 0.329. The zero-order chi connectivity index (χ0) is 29.3. The van der Waals surface area contributed by atoms with Crippen molar-refractivity contribution in [1.29, 1.82) is 0 Å². The van der Waals surface area contributed by atoms with Crippen molar-refractivity contribution < 1.29 is 27.8 Å². The van der Waals surface area contributed by atoms with Gasteiger partial charge in [-0.1, -0.05) is 29.8 Å². The number of fused-ring (bicyclic) bond motifs is 4. The number of nitrogens with one attached hydrogen (secondary N) is 1. The van der Waals surface area contributed by atoms with Gasteiger partial charge in [-0.2, -0.15) is 12.7 Å². The first-order valence-electron chi connectivity index (χ1n) is 14.8. The van der Waals surface area contributed by atoms with Crippen molar-refractivity contribution in [3.8, 4) is 5.75 Å². The number of rotatable bonds is 0. The Labute approximate surface area is 252 Å². The Morgan fingerprint density at radius 2 is 1.93 bits per heavy atom. The van der Waals surface area contributed by atoms with Crippen LogP contribution in [0.25, 0.3) is 0 Å². The zero-order valence-electron chi connectivity index (χ0n) is 23.6. The molecule has 4 aliphatic rings. The molecular formula is C31H38ClN3O6S. The van der Waals surface area contributed by atoms with Crippen molar-refractivity contribution in [3.63, 3.8) is 0 Å². The average Bonchev–Trinajstić information content (AvgIpc) is 2.98. The van der Waals surface area contributed by atoms with Crippen LogP contribution in [0.2, 0.25) is 5.02 Å². The molecule has 11 heteroatoms. The van der Waals surface area contributed by atoms with E-state index in [1.807, 2.05) is 24.3 Å². The van der Waals surface area contributed by atoms with Gasteiger partial charge in [-0.3, -0.25) is 4.79 Å². The molecule has 1 amide bonds. The molecule has 0 radical (unpaired) electrons. The first-order valence-corrected chi connectivity index (χ1v) is 16.7. The molecule has 9 nitrogen and oxygen atoms in total. The molecule has 0 spiro atoms. The number of hydrogen-bond acceptors (Lipinski definition) is 7. The van der Waals surface area contributed by atoms with Gasteiger partial charge >= 0.3 is 10.2 Å². The fourth-order valence-electron chi connectivity index (χ4n) is 6.53. The van der Waals surface area contributed by atoms with Crippen LogP contribution >= 0.6 is 11.6 Å². The summed E-state index contributed by atoms with van der Waals surface area (Å²) in [6.07, 6.45) is 8.11. The van der Waals surface area contributed by atoms with Gasteiger partial charge < -0.3 is 19.5 Å². The summed E-state index contributed by atoms with van der Waals surface area (Å²) in [6, 6.07) is 10.5. The van der Waals surface area contributed by atoms with Crippen LogP contribution in [0.3, 0.4) is 0 Å². The number of carbonyl (C=O) groups is 1. The highest BCUT2D eigenvalue weighted by molar-refractivity contribution is 7.87. The highest BCUT2D eigenvalue weighted by Gasteiger charge is 2.38. The Balaban J connectivity index is 1.38. The lowest BCUT2D eigenvalue weighted by molar-refractivity contribution is 0.0322. The SMILES string of the molecule is O=C1NS(=O)(=O)N2CCOC[C@H]2C/C=C/[C@H](O)[C@@H]2CC[C@H]2CN2CCCCc3cc(Cl)ccc3COc3ccc1cc32. The Bertz CT molecular complexity index is 1450. The minimum atomic E-state index is -4.13. The van der Waals surface area contributed by atoms with Gasteiger partial charge in [-0.25, -0.2) is 4.72 Å². The van der Waals surface area contributed by atoms with Gasteiger partial charge in [0.2, 0.25) is 0 Å². The van der Waals surface area contributed by atoms with E-state index >= 15 is 0 Å². The molecule has 0 unspecified atom stereocenters. The molecule has 2 fully saturated rings. The lowest BCUT2D eigenvalue weighted by Crippen LogP contribution is -2.53. The van der Waals surface area contributed by atoms with Crippen LogP contribution < -0.4 is 14.4 Å². The van der Waals surface area contributed by atoms with E-state index in [4.69, 9.17) is 21.1 Å². The quantitative estimate of drug-likeness (QED) is 0.430. The molecule has 3 aliphatic heterocycles. The average molecular weight is 616 g/mol. The third kappa shape index (κ3) is 6.33. The van der Waals surface area contributed by atoms with Crippen molar-refractivity contribution >= 4 is 33.4 Å². The highest BCUT2D eigenvalue weighted by atomic mass is 35.5. The molecule has 1 saturated heterocycles. The second kappa shape index (κ2) is 12.5. The number of amides is 1. The van der Waals surface area contributed by atoms with E-state index in [2.05, 4.69) is 9.62 Å². The van der Waals surface area contributed by atoms with E-state index in [0.29, 0.717) is 30.3 Å². The number of aryl methyl sites for hydroxylation is 1. The molecule has 2 aromatic carbocycles. The van der Waals surface area contributed by atoms with E-state index in [1.165, 1.54) is 9.87 Å². The molecular weight excluding hydrogens is 578 g/mol. The number of halogens is 1. The van der Waals surface area contributed by atoms with Crippen LogP contribution in [0, 0.1) is 11.8 Å². The van der Waals surface area contributed by atoms with Crippen LogP contribution in [0.15, 0.2) is 48.6 Å². The number of carbonyl (C=O) groups excluding carboxylic acids is 1. The normalized spacial score (nSPS) is 29.3. The molecule has 3 heterocycles. The lowest BCUT2D eigenvalue weighted by atomic mass is 9.70. The fourth-order valence-corrected chi connectivity index (χ4v) is 8.05. The second-order valence-corrected chi connectivity index (χ2v) is 13.8. The van der Waals surface area contributed by atoms with Gasteiger partial charge in [0.1, 0.15) is 12.4 Å². The number of nitrogens with zero attached hydrogens (tertiary/aromatic N) is 2. The number of morpholine rings is 1. The van der Waals surface area contributed by atoms with E-state index < -0.39 is 28.3 Å². The Morgan fingerprint density at radius 1 is 1.05 bits per heavy atom. The van der Waals surface area contributed by atoms with Gasteiger partial charge in [0, 0.05) is 30.2 Å². The lowest BCUT2D eigenvalue weighted by Gasteiger charge is -2.42. The Kier molecular flexibility index (Phi) is 8.79. The number of hydrogen-bond donors (Lipinski definition) is 2. The van der Waals surface area contributed by atoms with Gasteiger partial charge in [0.15, 0.2) is 0 Å². The molecule has 1 aliphatic carbocycles. The van der Waals surface area contributed by atoms with E-state index in [0.717, 1.165) is 49.9 Å². The monoisotopic (exact) mass is 615 g/mol. The third-order valence-electron chi connectivity index (χ3n) is 9.05. The van der Waals surface area contributed by atoms with E-state index in [-0.39, 0.29) is 37.2 Å². The number of benzene rings is 2. The zero-order valence-corrected chi connectivity index (χ0v) is 25.2. The Hall–Kier alpha value is -2.63. The molecule has 2 aromatic rings. The number of aliphatic hydroxyl groups is 1. The molecule has 1 saturated carbocycles. The maximum atomic E-state index is 13.4. The summed E-state index contributed by atoms with van der Waals surface area (Å²) >= 11 is 6.30. The molecule has 0 aromatic heterocycles. The molecule has 6 rings (SSSR count). The predicted octanol–water partition coefficient (Wildman–Crippen LogP) is 4.08. The van der Waals surface area contributed by atoms with Crippen molar-refractivity contribution in [1.82, 2.24) is 9.03 Å². The molecule has 2 N–H and O–H groups in total. The predicted molar refractivity (Wildman–Crippen MR) is 161 cm³/mol. The van der Waals surface area contributed by atoms with Crippen molar-refractivity contribution in [2.45, 2.75) is 57.3 Å². The minimum absolute atomic E-state index is 0.108. The van der Waals surface area contributed by atoms with Gasteiger partial charge in [0.25, 0.3) is 5.91 Å². The second-order valence-electron chi connectivity index (χ2n) is 11.7. The molecule has 42 heavy (non-hydrogen) atoms. The van der Waals surface area contributed by atoms with Crippen molar-refractivity contribution in [2.24, 2.45) is 11.8 Å². The number of anilines is 1. The summed E-state index contributed by atoms with van der Waals surface area (Å²) in [4.78, 5) is 15.7. The standard InChI is InChI=1S/C31H38ClN3O6S/c32-25-10-7-24-19-41-30-12-9-22-17-28(30)34(13-2-1-4-21(24)16-25)18-23-8-11-27(23)29(36)6-3-5-26-20-40-15-14-35(26)42(38,39)33-31(22)37/h3,6-7,9-10,12,16-17,23,26-27,29,36H,1-2,4-5,8,11,13-15,18-20H2,(H,33,37)/b6-3+/t23-,26+,27+,29-/m0/s1. The van der Waals surface area contributed by atoms with Crippen LogP contribution in [0.5, 0.6) is 5.75 Å². The third-order valence-corrected chi connectivity index (χ3v) is 10.8. The Morgan fingerprint density at radius 3 is 2.76 bits per heavy atom. The smallest absolute Gasteiger partial charge is 0.304 e. The molecule has 226 valence electrons. The van der Waals surface area contributed by atoms with Crippen LogP contribution in [0.4, 0.5) is 5.69 Å². The van der Waals surface area contributed by atoms with E-state index in [9.17, 15) is 18.3 Å². The molecule has 4 atom stereocenters. The summed E-state index contributed by atoms with van der Waals surface area (Å²) in [7, 11) is -4.13. The largest absolute Gasteiger partial charge is 0.487 e. The van der Waals surface area contributed by atoms with Crippen LogP contribution in [0.1, 0.15) is 53.6 Å². The maximum Gasteiger partial charge on any atom is 0.304 e. The summed E-state index contributed by atoms with van der Waals surface area (Å²) in [5.41, 5.74) is 3.23. The first-order chi connectivity index (χ1) is 20.3. The summed E-state index contributed by atoms with van der Waals surface area (Å²) < 4.78 is 42.3. The minimum Gasteiger partial charge on any atom is -0.487 e. The van der Waals surface area contributed by atoms with Gasteiger partial charge in [0.05, 0.1) is 31.0 Å². The van der Waals surface area contributed by atoms with E-state index in [1.54, 1.807) is 24.3 Å². The van der Waals surface area contributed by atoms with Crippen LogP contribution in [-0.2, 0) is 28.0 Å². The first kappa shape index (κ1) is 29.4. The molecule has 2 bridgehead atoms. The summed E-state index contributed by atoms with van der Waals surface area (Å²) in [6.45, 7) is 2.41. The highest BCUT2D eigenvalue weighted by Crippen LogP contribution is 2.41. The van der Waals surface area contributed by atoms with Crippen molar-refractivity contribution in [3.05, 3.63) is 70.3 Å². The van der Waals surface area contributed by atoms with Gasteiger partial charge in [-0.15, -0.1) is 0 Å². The topological polar surface area (TPSA) is 108 Å². The van der Waals surface area contributed by atoms with Gasteiger partial charge in [-0.05, 0) is 91.8 Å². The maximum absolute atomic E-state index is 13.4. The summed E-state index contributed by atoms with van der Waals surface area (Å²) in [5, 5.41) is 11.8. The fraction of sp³-hybridized carbons (Fsp3) is 0.516. The number of ether oxygens (including phenoxy) is 2. The van der Waals surface area contributed by atoms with Crippen LogP contribution in [-0.4, -0.2) is 68.7 Å². The van der Waals surface area contributed by atoms with Crippen molar-refractivity contribution in [2.75, 3.05) is 37.7 Å².